The molecule has 34 heavy (non-hydrogen) atoms. The molecule has 2 unspecified atom stereocenters. The SMILES string of the molecule is C/C(C=O)=C/C(=C\N(C)C)C(/C)=N/c1cc(OCCNC(C(=O)OC(C)C)C(C)O)ccc1C. The van der Waals surface area contributed by atoms with Crippen molar-refractivity contribution in [1.29, 1.82) is 0 Å². The number of hydrogen-bond acceptors (Lipinski definition) is 8. The molecule has 188 valence electrons. The van der Waals surface area contributed by atoms with Crippen molar-refractivity contribution >= 4 is 23.7 Å². The van der Waals surface area contributed by atoms with Crippen molar-refractivity contribution in [2.45, 2.75) is 59.8 Å². The standard InChI is InChI=1S/C26H39N3O5/c1-17(2)34-26(32)25(21(6)31)27-11-12-33-23-10-9-19(4)24(14-23)28-20(5)22(15-29(7)8)13-18(3)16-30/h9-10,13-17,21,25,27,31H,11-12H2,1-8H3/b18-13-,22-15+,28-20+. The molecule has 0 bridgehead atoms. The number of aryl methyl sites for hydroxylation is 1. The Kier molecular flexibility index (Phi) is 12.2. The van der Waals surface area contributed by atoms with Crippen LogP contribution in [-0.2, 0) is 14.3 Å². The summed E-state index contributed by atoms with van der Waals surface area (Å²) in [5, 5.41) is 12.9. The van der Waals surface area contributed by atoms with Gasteiger partial charge in [0, 0.05) is 44.2 Å². The molecule has 1 aromatic carbocycles. The van der Waals surface area contributed by atoms with E-state index in [-0.39, 0.29) is 12.7 Å². The average Bonchev–Trinajstić information content (AvgIpc) is 2.73. The summed E-state index contributed by atoms with van der Waals surface area (Å²) in [6, 6.07) is 4.81. The first-order valence-electron chi connectivity index (χ1n) is 11.4. The Bertz CT molecular complexity index is 917. The van der Waals surface area contributed by atoms with E-state index in [9.17, 15) is 14.7 Å². The molecule has 0 saturated heterocycles. The molecular weight excluding hydrogens is 434 g/mol. The van der Waals surface area contributed by atoms with Crippen molar-refractivity contribution in [1.82, 2.24) is 10.2 Å². The number of aliphatic hydroxyl groups is 1. The molecular formula is C26H39N3O5. The van der Waals surface area contributed by atoms with Gasteiger partial charge in [-0.3, -0.25) is 19.9 Å². The van der Waals surface area contributed by atoms with Gasteiger partial charge in [0.1, 0.15) is 24.7 Å². The van der Waals surface area contributed by atoms with Crippen molar-refractivity contribution in [2.24, 2.45) is 4.99 Å². The molecule has 0 heterocycles. The van der Waals surface area contributed by atoms with Crippen LogP contribution in [0.5, 0.6) is 5.75 Å². The van der Waals surface area contributed by atoms with Gasteiger partial charge in [-0.15, -0.1) is 0 Å². The van der Waals surface area contributed by atoms with Crippen molar-refractivity contribution in [3.05, 3.63) is 47.2 Å². The molecule has 1 aromatic rings. The van der Waals surface area contributed by atoms with E-state index in [2.05, 4.69) is 5.32 Å². The molecule has 8 heteroatoms. The van der Waals surface area contributed by atoms with E-state index in [0.29, 0.717) is 17.9 Å². The van der Waals surface area contributed by atoms with E-state index in [1.165, 1.54) is 6.92 Å². The van der Waals surface area contributed by atoms with Crippen LogP contribution in [-0.4, -0.2) is 73.5 Å². The Labute approximate surface area is 203 Å². The van der Waals surface area contributed by atoms with Crippen LogP contribution in [0.25, 0.3) is 0 Å². The molecule has 0 fully saturated rings. The molecule has 0 aliphatic rings. The highest BCUT2D eigenvalue weighted by molar-refractivity contribution is 6.03. The number of aliphatic imine (C=N–C) groups is 1. The minimum Gasteiger partial charge on any atom is -0.492 e. The highest BCUT2D eigenvalue weighted by atomic mass is 16.5. The monoisotopic (exact) mass is 473 g/mol. The lowest BCUT2D eigenvalue weighted by molar-refractivity contribution is -0.152. The number of nitrogens with zero attached hydrogens (tertiary/aromatic N) is 2. The Hall–Kier alpha value is -2.97. The smallest absolute Gasteiger partial charge is 0.326 e. The maximum Gasteiger partial charge on any atom is 0.326 e. The zero-order chi connectivity index (χ0) is 25.8. The lowest BCUT2D eigenvalue weighted by Gasteiger charge is -2.21. The summed E-state index contributed by atoms with van der Waals surface area (Å²) in [5.41, 5.74) is 3.95. The molecule has 0 aliphatic heterocycles. The maximum atomic E-state index is 12.1. The maximum absolute atomic E-state index is 12.1. The van der Waals surface area contributed by atoms with Gasteiger partial charge in [-0.05, 0) is 64.8 Å². The van der Waals surface area contributed by atoms with Gasteiger partial charge in [0.25, 0.3) is 0 Å². The fourth-order valence-corrected chi connectivity index (χ4v) is 2.98. The van der Waals surface area contributed by atoms with Gasteiger partial charge in [-0.1, -0.05) is 6.07 Å². The van der Waals surface area contributed by atoms with E-state index >= 15 is 0 Å². The quantitative estimate of drug-likeness (QED) is 0.113. The van der Waals surface area contributed by atoms with E-state index in [1.807, 2.05) is 57.2 Å². The molecule has 0 radical (unpaired) electrons. The largest absolute Gasteiger partial charge is 0.492 e. The highest BCUT2D eigenvalue weighted by Crippen LogP contribution is 2.26. The second-order valence-corrected chi connectivity index (χ2v) is 8.71. The number of aldehydes is 1. The molecule has 2 atom stereocenters. The molecule has 1 rings (SSSR count). The molecule has 0 amide bonds. The van der Waals surface area contributed by atoms with Crippen LogP contribution < -0.4 is 10.1 Å². The zero-order valence-corrected chi connectivity index (χ0v) is 21.6. The topological polar surface area (TPSA) is 100 Å². The zero-order valence-electron chi connectivity index (χ0n) is 21.6. The number of carbonyl (C=O) groups excluding carboxylic acids is 2. The van der Waals surface area contributed by atoms with Crippen LogP contribution in [0, 0.1) is 6.92 Å². The van der Waals surface area contributed by atoms with Crippen LogP contribution in [0.1, 0.15) is 40.2 Å². The molecule has 0 aromatic heterocycles. The van der Waals surface area contributed by atoms with E-state index < -0.39 is 18.1 Å². The van der Waals surface area contributed by atoms with Gasteiger partial charge in [0.2, 0.25) is 0 Å². The summed E-state index contributed by atoms with van der Waals surface area (Å²) in [5.74, 6) is 0.142. The molecule has 0 aliphatic carbocycles. The number of esters is 1. The van der Waals surface area contributed by atoms with Crippen LogP contribution in [0.15, 0.2) is 46.6 Å². The van der Waals surface area contributed by atoms with E-state index in [1.54, 1.807) is 26.8 Å². The van der Waals surface area contributed by atoms with E-state index in [0.717, 1.165) is 28.8 Å². The number of carbonyl (C=O) groups is 2. The number of nitrogens with one attached hydrogen (secondary N) is 1. The number of aliphatic hydroxyl groups excluding tert-OH is 1. The Morgan fingerprint density at radius 1 is 1.24 bits per heavy atom. The predicted molar refractivity (Wildman–Crippen MR) is 136 cm³/mol. The number of hydrogen-bond donors (Lipinski definition) is 2. The van der Waals surface area contributed by atoms with Gasteiger partial charge < -0.3 is 19.5 Å². The van der Waals surface area contributed by atoms with Gasteiger partial charge in [0.15, 0.2) is 0 Å². The minimum absolute atomic E-state index is 0.257. The molecule has 0 saturated carbocycles. The Balaban J connectivity index is 2.92. The lowest BCUT2D eigenvalue weighted by atomic mass is 10.1. The fraction of sp³-hybridized carbons (Fsp3) is 0.500. The Morgan fingerprint density at radius 2 is 1.91 bits per heavy atom. The van der Waals surface area contributed by atoms with Crippen LogP contribution in [0.4, 0.5) is 5.69 Å². The molecule has 2 N–H and O–H groups in total. The second-order valence-electron chi connectivity index (χ2n) is 8.71. The minimum atomic E-state index is -0.893. The summed E-state index contributed by atoms with van der Waals surface area (Å²) in [6.45, 7) is 11.3. The predicted octanol–water partition coefficient (Wildman–Crippen LogP) is 3.35. The number of allylic oxidation sites excluding steroid dienone is 3. The van der Waals surface area contributed by atoms with Crippen molar-refractivity contribution in [2.75, 3.05) is 27.2 Å². The summed E-state index contributed by atoms with van der Waals surface area (Å²) in [4.78, 5) is 29.9. The van der Waals surface area contributed by atoms with Gasteiger partial charge in [-0.2, -0.15) is 0 Å². The summed E-state index contributed by atoms with van der Waals surface area (Å²) in [7, 11) is 3.82. The summed E-state index contributed by atoms with van der Waals surface area (Å²) < 4.78 is 11.0. The van der Waals surface area contributed by atoms with Gasteiger partial charge in [0.05, 0.1) is 17.9 Å². The van der Waals surface area contributed by atoms with Crippen molar-refractivity contribution in [3.8, 4) is 5.75 Å². The third-order valence-corrected chi connectivity index (χ3v) is 4.68. The third kappa shape index (κ3) is 10.3. The fourth-order valence-electron chi connectivity index (χ4n) is 2.98. The van der Waals surface area contributed by atoms with Gasteiger partial charge >= 0.3 is 5.97 Å². The highest BCUT2D eigenvalue weighted by Gasteiger charge is 2.25. The lowest BCUT2D eigenvalue weighted by Crippen LogP contribution is -2.47. The van der Waals surface area contributed by atoms with Crippen LogP contribution in [0.2, 0.25) is 0 Å². The number of rotatable bonds is 13. The first-order valence-corrected chi connectivity index (χ1v) is 11.4. The average molecular weight is 474 g/mol. The van der Waals surface area contributed by atoms with Crippen LogP contribution >= 0.6 is 0 Å². The van der Waals surface area contributed by atoms with Crippen molar-refractivity contribution in [3.63, 3.8) is 0 Å². The normalized spacial score (nSPS) is 14.6. The second kappa shape index (κ2) is 14.3. The summed E-state index contributed by atoms with van der Waals surface area (Å²) >= 11 is 0. The number of ether oxygens (including phenoxy) is 2. The first-order chi connectivity index (χ1) is 15.9. The van der Waals surface area contributed by atoms with Crippen LogP contribution in [0.3, 0.4) is 0 Å². The number of benzene rings is 1. The summed E-state index contributed by atoms with van der Waals surface area (Å²) in [6.07, 6.45) is 3.38. The van der Waals surface area contributed by atoms with E-state index in [4.69, 9.17) is 14.5 Å². The van der Waals surface area contributed by atoms with Gasteiger partial charge in [-0.25, -0.2) is 0 Å². The first kappa shape index (κ1) is 29.1. The third-order valence-electron chi connectivity index (χ3n) is 4.68. The van der Waals surface area contributed by atoms with Crippen molar-refractivity contribution < 1.29 is 24.2 Å². The Morgan fingerprint density at radius 3 is 2.47 bits per heavy atom. The molecule has 0 spiro atoms. The molecule has 8 nitrogen and oxygen atoms in total.